The number of carboxylic acids is 1. The molecule has 26 heavy (non-hydrogen) atoms. The van der Waals surface area contributed by atoms with E-state index in [2.05, 4.69) is 12.1 Å². The van der Waals surface area contributed by atoms with E-state index in [1.165, 1.54) is 11.1 Å². The van der Waals surface area contributed by atoms with Crippen molar-refractivity contribution in [3.05, 3.63) is 35.4 Å². The molecule has 1 aromatic rings. The lowest BCUT2D eigenvalue weighted by Gasteiger charge is -2.22. The maximum absolute atomic E-state index is 12.0. The summed E-state index contributed by atoms with van der Waals surface area (Å²) in [5.41, 5.74) is 1.43. The van der Waals surface area contributed by atoms with Gasteiger partial charge in [0.15, 0.2) is 0 Å². The van der Waals surface area contributed by atoms with E-state index in [9.17, 15) is 14.7 Å². The van der Waals surface area contributed by atoms with Crippen LogP contribution in [0.5, 0.6) is 0 Å². The molecule has 1 N–H and O–H groups in total. The molecule has 0 saturated carbocycles. The van der Waals surface area contributed by atoms with Crippen LogP contribution < -0.4 is 0 Å². The standard InChI is InChI=1S/C22H34O4/c1-6-26-20(25)22(4,5)16-10-14-18-12-8-7-11-17(18)13-9-15-21(2,3)19(23)24/h7-8,11-12H,6,9-10,13-16H2,1-5H3,(H,23,24). The minimum Gasteiger partial charge on any atom is -0.481 e. The Balaban J connectivity index is 2.59. The van der Waals surface area contributed by atoms with Crippen LogP contribution in [-0.4, -0.2) is 23.7 Å². The number of esters is 1. The Bertz CT molecular complexity index is 602. The molecule has 146 valence electrons. The summed E-state index contributed by atoms with van der Waals surface area (Å²) in [7, 11) is 0. The molecule has 0 aliphatic carbocycles. The van der Waals surface area contributed by atoms with Gasteiger partial charge in [-0.05, 0) is 84.3 Å². The highest BCUT2D eigenvalue weighted by Crippen LogP contribution is 2.27. The average molecular weight is 363 g/mol. The number of carboxylic acid groups (broad SMARTS) is 1. The Hall–Kier alpha value is -1.84. The third-order valence-corrected chi connectivity index (χ3v) is 5.02. The van der Waals surface area contributed by atoms with Crippen molar-refractivity contribution < 1.29 is 19.4 Å². The Morgan fingerprint density at radius 1 is 0.923 bits per heavy atom. The smallest absolute Gasteiger partial charge is 0.311 e. The molecule has 0 aliphatic heterocycles. The van der Waals surface area contributed by atoms with Gasteiger partial charge in [-0.3, -0.25) is 9.59 Å². The van der Waals surface area contributed by atoms with Crippen molar-refractivity contribution in [1.29, 1.82) is 0 Å². The SMILES string of the molecule is CCOC(=O)C(C)(C)CCCc1ccccc1CCCC(C)(C)C(=O)O. The first-order valence-electron chi connectivity index (χ1n) is 9.57. The molecule has 1 aromatic carbocycles. The zero-order valence-electron chi connectivity index (χ0n) is 16.9. The van der Waals surface area contributed by atoms with Gasteiger partial charge in [0, 0.05) is 0 Å². The van der Waals surface area contributed by atoms with Crippen molar-refractivity contribution in [3.8, 4) is 0 Å². The second-order valence-corrected chi connectivity index (χ2v) is 8.27. The predicted octanol–water partition coefficient (Wildman–Crippen LogP) is 5.03. The van der Waals surface area contributed by atoms with Gasteiger partial charge >= 0.3 is 11.9 Å². The van der Waals surface area contributed by atoms with Gasteiger partial charge in [-0.15, -0.1) is 0 Å². The monoisotopic (exact) mass is 362 g/mol. The molecule has 0 radical (unpaired) electrons. The normalized spacial score (nSPS) is 12.0. The Morgan fingerprint density at radius 3 is 1.81 bits per heavy atom. The molecule has 0 heterocycles. The Kier molecular flexibility index (Phi) is 8.32. The van der Waals surface area contributed by atoms with Crippen LogP contribution in [-0.2, 0) is 27.2 Å². The van der Waals surface area contributed by atoms with E-state index in [1.54, 1.807) is 13.8 Å². The van der Waals surface area contributed by atoms with Crippen molar-refractivity contribution in [1.82, 2.24) is 0 Å². The van der Waals surface area contributed by atoms with Gasteiger partial charge in [0.1, 0.15) is 0 Å². The zero-order chi connectivity index (χ0) is 19.8. The molecule has 4 nitrogen and oxygen atoms in total. The molecule has 0 aromatic heterocycles. The van der Waals surface area contributed by atoms with Gasteiger partial charge in [-0.2, -0.15) is 0 Å². The summed E-state index contributed by atoms with van der Waals surface area (Å²) in [4.78, 5) is 23.2. The number of rotatable bonds is 11. The van der Waals surface area contributed by atoms with Crippen molar-refractivity contribution in [3.63, 3.8) is 0 Å². The number of hydrogen-bond donors (Lipinski definition) is 1. The Labute approximate surface area is 158 Å². The molecule has 0 fully saturated rings. The molecule has 0 unspecified atom stereocenters. The molecule has 0 atom stereocenters. The summed E-state index contributed by atoms with van der Waals surface area (Å²) in [6, 6.07) is 8.33. The molecule has 0 saturated heterocycles. The summed E-state index contributed by atoms with van der Waals surface area (Å²) in [5, 5.41) is 9.23. The predicted molar refractivity (Wildman–Crippen MR) is 104 cm³/mol. The van der Waals surface area contributed by atoms with Crippen LogP contribution in [0.25, 0.3) is 0 Å². The second-order valence-electron chi connectivity index (χ2n) is 8.27. The molecule has 0 spiro atoms. The maximum atomic E-state index is 12.0. The molecule has 0 bridgehead atoms. The number of aryl methyl sites for hydroxylation is 2. The first-order chi connectivity index (χ1) is 12.1. The van der Waals surface area contributed by atoms with Crippen LogP contribution in [0, 0.1) is 10.8 Å². The summed E-state index contributed by atoms with van der Waals surface area (Å²) in [6.07, 6.45) is 5.02. The molecule has 1 rings (SSSR count). The summed E-state index contributed by atoms with van der Waals surface area (Å²) >= 11 is 0. The minimum atomic E-state index is -0.744. The molecule has 4 heteroatoms. The molecule has 0 amide bonds. The average Bonchev–Trinajstić information content (AvgIpc) is 2.56. The van der Waals surface area contributed by atoms with Crippen molar-refractivity contribution >= 4 is 11.9 Å². The van der Waals surface area contributed by atoms with E-state index in [-0.39, 0.29) is 5.97 Å². The number of carbonyl (C=O) groups is 2. The van der Waals surface area contributed by atoms with Crippen LogP contribution in [0.1, 0.15) is 71.4 Å². The molecular weight excluding hydrogens is 328 g/mol. The highest BCUT2D eigenvalue weighted by atomic mass is 16.5. The van der Waals surface area contributed by atoms with Crippen LogP contribution >= 0.6 is 0 Å². The van der Waals surface area contributed by atoms with Crippen LogP contribution in [0.3, 0.4) is 0 Å². The molecule has 0 aliphatic rings. The summed E-state index contributed by atoms with van der Waals surface area (Å²) in [5.74, 6) is -0.879. The first-order valence-corrected chi connectivity index (χ1v) is 9.57. The van der Waals surface area contributed by atoms with Crippen LogP contribution in [0.4, 0.5) is 0 Å². The van der Waals surface area contributed by atoms with Crippen molar-refractivity contribution in [2.75, 3.05) is 6.61 Å². The fourth-order valence-electron chi connectivity index (χ4n) is 3.02. The van der Waals surface area contributed by atoms with E-state index >= 15 is 0 Å². The second kappa shape index (κ2) is 9.75. The van der Waals surface area contributed by atoms with E-state index in [0.29, 0.717) is 13.0 Å². The van der Waals surface area contributed by atoms with E-state index in [0.717, 1.165) is 32.1 Å². The van der Waals surface area contributed by atoms with Gasteiger partial charge in [-0.25, -0.2) is 0 Å². The number of hydrogen-bond acceptors (Lipinski definition) is 3. The fourth-order valence-corrected chi connectivity index (χ4v) is 3.02. The van der Waals surface area contributed by atoms with Gasteiger partial charge in [0.05, 0.1) is 17.4 Å². The van der Waals surface area contributed by atoms with Gasteiger partial charge in [-0.1, -0.05) is 24.3 Å². The Morgan fingerprint density at radius 2 is 1.38 bits per heavy atom. The van der Waals surface area contributed by atoms with Gasteiger partial charge < -0.3 is 9.84 Å². The topological polar surface area (TPSA) is 63.6 Å². The highest BCUT2D eigenvalue weighted by Gasteiger charge is 2.28. The largest absolute Gasteiger partial charge is 0.481 e. The zero-order valence-corrected chi connectivity index (χ0v) is 16.9. The van der Waals surface area contributed by atoms with Crippen LogP contribution in [0.15, 0.2) is 24.3 Å². The lowest BCUT2D eigenvalue weighted by atomic mass is 9.84. The lowest BCUT2D eigenvalue weighted by Crippen LogP contribution is -2.26. The number of benzene rings is 1. The summed E-state index contributed by atoms with van der Waals surface area (Å²) in [6.45, 7) is 9.67. The van der Waals surface area contributed by atoms with E-state index in [4.69, 9.17) is 4.74 Å². The van der Waals surface area contributed by atoms with E-state index < -0.39 is 16.8 Å². The minimum absolute atomic E-state index is 0.135. The number of ether oxygens (including phenoxy) is 1. The van der Waals surface area contributed by atoms with Crippen molar-refractivity contribution in [2.24, 2.45) is 10.8 Å². The highest BCUT2D eigenvalue weighted by molar-refractivity contribution is 5.75. The van der Waals surface area contributed by atoms with Crippen LogP contribution in [0.2, 0.25) is 0 Å². The maximum Gasteiger partial charge on any atom is 0.311 e. The fraction of sp³-hybridized carbons (Fsp3) is 0.636. The van der Waals surface area contributed by atoms with E-state index in [1.807, 2.05) is 32.9 Å². The van der Waals surface area contributed by atoms with Gasteiger partial charge in [0.2, 0.25) is 0 Å². The van der Waals surface area contributed by atoms with Gasteiger partial charge in [0.25, 0.3) is 0 Å². The first kappa shape index (κ1) is 22.2. The lowest BCUT2D eigenvalue weighted by molar-refractivity contribution is -0.153. The quantitative estimate of drug-likeness (QED) is 0.561. The molecular formula is C22H34O4. The number of carbonyl (C=O) groups excluding carboxylic acids is 1. The summed E-state index contributed by atoms with van der Waals surface area (Å²) < 4.78 is 5.15. The third-order valence-electron chi connectivity index (χ3n) is 5.02. The number of aliphatic carboxylic acids is 1. The third kappa shape index (κ3) is 6.81. The van der Waals surface area contributed by atoms with Crippen molar-refractivity contribution in [2.45, 2.75) is 73.1 Å².